The number of para-hydroxylation sites is 1. The zero-order chi connectivity index (χ0) is 18.6. The Labute approximate surface area is 148 Å². The molecule has 0 spiro atoms. The van der Waals surface area contributed by atoms with Gasteiger partial charge < -0.3 is 4.90 Å². The number of sulfonamides is 1. The van der Waals surface area contributed by atoms with Crippen LogP contribution in [-0.4, -0.2) is 53.2 Å². The maximum atomic E-state index is 13.0. The molecule has 2 aromatic rings. The van der Waals surface area contributed by atoms with Crippen molar-refractivity contribution in [2.24, 2.45) is 0 Å². The minimum Gasteiger partial charge on any atom is -0.323 e. The smallest absolute Gasteiger partial charge is 0.323 e. The van der Waals surface area contributed by atoms with Gasteiger partial charge in [0.1, 0.15) is 6.33 Å². The van der Waals surface area contributed by atoms with E-state index >= 15 is 0 Å². The molecule has 1 amide bonds. The van der Waals surface area contributed by atoms with Gasteiger partial charge in [0.25, 0.3) is 5.16 Å². The van der Waals surface area contributed by atoms with Crippen LogP contribution in [0.1, 0.15) is 27.7 Å². The van der Waals surface area contributed by atoms with Crippen LogP contribution in [0.2, 0.25) is 0 Å². The first-order valence-corrected chi connectivity index (χ1v) is 9.57. The molecule has 0 fully saturated rings. The zero-order valence-corrected chi connectivity index (χ0v) is 15.6. The highest BCUT2D eigenvalue weighted by Gasteiger charge is 2.31. The van der Waals surface area contributed by atoms with Crippen molar-refractivity contribution in [3.05, 3.63) is 36.7 Å². The molecule has 0 radical (unpaired) electrons. The van der Waals surface area contributed by atoms with E-state index in [1.54, 1.807) is 38.1 Å². The van der Waals surface area contributed by atoms with Crippen LogP contribution < -0.4 is 4.31 Å². The van der Waals surface area contributed by atoms with Crippen LogP contribution in [0.4, 0.5) is 10.5 Å². The molecule has 0 unspecified atom stereocenters. The third-order valence-corrected chi connectivity index (χ3v) is 5.47. The Morgan fingerprint density at radius 3 is 2.28 bits per heavy atom. The van der Waals surface area contributed by atoms with Crippen molar-refractivity contribution in [1.82, 2.24) is 19.7 Å². The van der Waals surface area contributed by atoms with Crippen LogP contribution in [0.3, 0.4) is 0 Å². The fraction of sp³-hybridized carbons (Fsp3) is 0.438. The summed E-state index contributed by atoms with van der Waals surface area (Å²) in [5.41, 5.74) is 0.518. The number of nitrogens with zero attached hydrogens (tertiary/aromatic N) is 5. The molecule has 0 saturated carbocycles. The number of hydrogen-bond acceptors (Lipinski definition) is 5. The summed E-state index contributed by atoms with van der Waals surface area (Å²) in [7, 11) is -3.99. The maximum Gasteiger partial charge on any atom is 0.346 e. The molecule has 1 heterocycles. The summed E-state index contributed by atoms with van der Waals surface area (Å²) < 4.78 is 28.2. The highest BCUT2D eigenvalue weighted by Crippen LogP contribution is 2.24. The Bertz CT molecular complexity index is 813. The van der Waals surface area contributed by atoms with Crippen molar-refractivity contribution in [3.8, 4) is 0 Å². The van der Waals surface area contributed by atoms with Crippen LogP contribution in [0.5, 0.6) is 0 Å². The third-order valence-electron chi connectivity index (χ3n) is 3.67. The average molecular weight is 365 g/mol. The van der Waals surface area contributed by atoms with Crippen molar-refractivity contribution < 1.29 is 13.2 Å². The monoisotopic (exact) mass is 365 g/mol. The molecule has 0 aliphatic heterocycles. The lowest BCUT2D eigenvalue weighted by Crippen LogP contribution is -2.38. The first-order chi connectivity index (χ1) is 11.8. The van der Waals surface area contributed by atoms with Crippen LogP contribution in [0.15, 0.2) is 41.8 Å². The van der Waals surface area contributed by atoms with Gasteiger partial charge >= 0.3 is 16.1 Å². The minimum absolute atomic E-state index is 0.335. The summed E-state index contributed by atoms with van der Waals surface area (Å²) in [6.07, 6.45) is 1.14. The van der Waals surface area contributed by atoms with Gasteiger partial charge in [0.05, 0.1) is 5.69 Å². The van der Waals surface area contributed by atoms with E-state index in [0.29, 0.717) is 18.8 Å². The number of amides is 1. The van der Waals surface area contributed by atoms with E-state index in [0.717, 1.165) is 11.0 Å². The molecule has 9 heteroatoms. The molecular formula is C16H23N5O3S. The number of hydrogen-bond donors (Lipinski definition) is 0. The molecule has 0 N–H and O–H groups in total. The van der Waals surface area contributed by atoms with Gasteiger partial charge in [0, 0.05) is 19.1 Å². The number of anilines is 1. The largest absolute Gasteiger partial charge is 0.346 e. The van der Waals surface area contributed by atoms with E-state index in [1.165, 1.54) is 9.21 Å². The first-order valence-electron chi connectivity index (χ1n) is 8.13. The number of aromatic nitrogens is 3. The zero-order valence-electron chi connectivity index (χ0n) is 14.8. The van der Waals surface area contributed by atoms with Crippen molar-refractivity contribution >= 4 is 21.7 Å². The van der Waals surface area contributed by atoms with Gasteiger partial charge in [-0.3, -0.25) is 4.31 Å². The van der Waals surface area contributed by atoms with E-state index in [9.17, 15) is 13.2 Å². The van der Waals surface area contributed by atoms with E-state index in [2.05, 4.69) is 10.1 Å². The second kappa shape index (κ2) is 7.64. The fourth-order valence-corrected chi connectivity index (χ4v) is 3.98. The molecule has 1 aromatic heterocycles. The Balaban J connectivity index is 2.41. The Morgan fingerprint density at radius 2 is 1.76 bits per heavy atom. The SMILES string of the molecule is CCN(CC)C(=O)n1cnc(S(=O)(=O)N(c2ccccc2)C(C)C)n1. The van der Waals surface area contributed by atoms with E-state index in [1.807, 2.05) is 19.9 Å². The quantitative estimate of drug-likeness (QED) is 0.783. The second-order valence-electron chi connectivity index (χ2n) is 5.66. The maximum absolute atomic E-state index is 13.0. The molecule has 25 heavy (non-hydrogen) atoms. The molecule has 0 aliphatic rings. The Kier molecular flexibility index (Phi) is 5.78. The molecule has 8 nitrogen and oxygen atoms in total. The Morgan fingerprint density at radius 1 is 1.16 bits per heavy atom. The van der Waals surface area contributed by atoms with E-state index in [-0.39, 0.29) is 6.04 Å². The Hall–Kier alpha value is -2.42. The molecular weight excluding hydrogens is 342 g/mol. The molecule has 0 bridgehead atoms. The third kappa shape index (κ3) is 3.81. The van der Waals surface area contributed by atoms with Gasteiger partial charge in [-0.05, 0) is 39.8 Å². The predicted molar refractivity (Wildman–Crippen MR) is 95.0 cm³/mol. The number of rotatable bonds is 6. The topological polar surface area (TPSA) is 88.4 Å². The standard InChI is InChI=1S/C16H23N5O3S/c1-5-19(6-2)16(22)20-12-17-15(18-20)25(23,24)21(13(3)4)14-10-8-7-9-11-14/h7-13H,5-6H2,1-4H3. The molecule has 0 saturated heterocycles. The first kappa shape index (κ1) is 18.9. The van der Waals surface area contributed by atoms with Gasteiger partial charge in [-0.1, -0.05) is 18.2 Å². The summed E-state index contributed by atoms with van der Waals surface area (Å²) >= 11 is 0. The fourth-order valence-electron chi connectivity index (χ4n) is 2.47. The van der Waals surface area contributed by atoms with E-state index in [4.69, 9.17) is 0 Å². The second-order valence-corrected chi connectivity index (χ2v) is 7.37. The van der Waals surface area contributed by atoms with Gasteiger partial charge in [-0.25, -0.2) is 9.78 Å². The molecule has 0 atom stereocenters. The summed E-state index contributed by atoms with van der Waals surface area (Å²) in [5.74, 6) is 0. The molecule has 0 aliphatic carbocycles. The summed E-state index contributed by atoms with van der Waals surface area (Å²) in [6, 6.07) is 7.99. The van der Waals surface area contributed by atoms with Crippen molar-refractivity contribution in [2.45, 2.75) is 38.9 Å². The van der Waals surface area contributed by atoms with Crippen LogP contribution in [0.25, 0.3) is 0 Å². The number of carbonyl (C=O) groups is 1. The van der Waals surface area contributed by atoms with Crippen molar-refractivity contribution in [3.63, 3.8) is 0 Å². The number of benzene rings is 1. The normalized spacial score (nSPS) is 11.6. The lowest BCUT2D eigenvalue weighted by Gasteiger charge is -2.26. The van der Waals surface area contributed by atoms with Crippen LogP contribution in [-0.2, 0) is 10.0 Å². The lowest BCUT2D eigenvalue weighted by molar-refractivity contribution is 0.201. The predicted octanol–water partition coefficient (Wildman–Crippen LogP) is 2.19. The number of carbonyl (C=O) groups excluding carboxylic acids is 1. The average Bonchev–Trinajstić information content (AvgIpc) is 3.07. The minimum atomic E-state index is -3.99. The van der Waals surface area contributed by atoms with Crippen LogP contribution in [0, 0.1) is 0 Å². The highest BCUT2D eigenvalue weighted by atomic mass is 32.2. The van der Waals surface area contributed by atoms with E-state index < -0.39 is 21.2 Å². The summed E-state index contributed by atoms with van der Waals surface area (Å²) in [5, 5.41) is 3.51. The van der Waals surface area contributed by atoms with Gasteiger partial charge in [0.2, 0.25) is 0 Å². The van der Waals surface area contributed by atoms with Crippen molar-refractivity contribution in [1.29, 1.82) is 0 Å². The highest BCUT2D eigenvalue weighted by molar-refractivity contribution is 7.92. The van der Waals surface area contributed by atoms with Crippen molar-refractivity contribution in [2.75, 3.05) is 17.4 Å². The van der Waals surface area contributed by atoms with Gasteiger partial charge in [-0.2, -0.15) is 13.1 Å². The summed E-state index contributed by atoms with van der Waals surface area (Å²) in [4.78, 5) is 17.7. The molecule has 1 aromatic carbocycles. The molecule has 136 valence electrons. The van der Waals surface area contributed by atoms with Gasteiger partial charge in [0.15, 0.2) is 0 Å². The summed E-state index contributed by atoms with van der Waals surface area (Å²) in [6.45, 7) is 8.21. The van der Waals surface area contributed by atoms with Crippen LogP contribution >= 0.6 is 0 Å². The van der Waals surface area contributed by atoms with Gasteiger partial charge in [-0.15, -0.1) is 5.10 Å². The molecule has 2 rings (SSSR count). The lowest BCUT2D eigenvalue weighted by atomic mass is 10.3.